The highest BCUT2D eigenvalue weighted by Crippen LogP contribution is 2.31. The van der Waals surface area contributed by atoms with E-state index >= 15 is 0 Å². The predicted octanol–water partition coefficient (Wildman–Crippen LogP) is 2.26. The Bertz CT molecular complexity index is 1000. The number of amides is 2. The lowest BCUT2D eigenvalue weighted by Crippen LogP contribution is -2.40. The number of nitrogens with one attached hydrogen (secondary N) is 2. The van der Waals surface area contributed by atoms with Gasteiger partial charge in [-0.05, 0) is 43.3 Å². The number of nitrogens with zero attached hydrogens (tertiary/aromatic N) is 3. The van der Waals surface area contributed by atoms with Gasteiger partial charge < -0.3 is 20.1 Å². The molecule has 2 aromatic carbocycles. The van der Waals surface area contributed by atoms with Gasteiger partial charge in [0.15, 0.2) is 11.5 Å². The van der Waals surface area contributed by atoms with E-state index in [9.17, 15) is 9.59 Å². The molecule has 0 fully saturated rings. The van der Waals surface area contributed by atoms with Crippen LogP contribution < -0.4 is 20.1 Å². The van der Waals surface area contributed by atoms with Crippen LogP contribution in [0.4, 0.5) is 11.4 Å². The minimum Gasteiger partial charge on any atom is -0.485 e. The first-order valence-corrected chi connectivity index (χ1v) is 9.04. The number of carbonyl (C=O) groups is 2. The predicted molar refractivity (Wildman–Crippen MR) is 105 cm³/mol. The number of para-hydroxylation sites is 2. The fourth-order valence-electron chi connectivity index (χ4n) is 2.79. The summed E-state index contributed by atoms with van der Waals surface area (Å²) in [6, 6.07) is 13.5. The van der Waals surface area contributed by atoms with Crippen LogP contribution in [0.15, 0.2) is 61.2 Å². The molecule has 0 saturated carbocycles. The highest BCUT2D eigenvalue weighted by Gasteiger charge is 2.27. The van der Waals surface area contributed by atoms with Gasteiger partial charge in [-0.25, -0.2) is 9.67 Å². The molecular weight excluding hydrogens is 374 g/mol. The van der Waals surface area contributed by atoms with Crippen molar-refractivity contribution in [1.82, 2.24) is 14.8 Å². The first-order valence-electron chi connectivity index (χ1n) is 9.04. The summed E-state index contributed by atoms with van der Waals surface area (Å²) in [4.78, 5) is 28.6. The first-order chi connectivity index (χ1) is 14.1. The molecule has 2 heterocycles. The van der Waals surface area contributed by atoms with Crippen molar-refractivity contribution in [3.63, 3.8) is 0 Å². The summed E-state index contributed by atoms with van der Waals surface area (Å²) >= 11 is 0. The van der Waals surface area contributed by atoms with Crippen molar-refractivity contribution < 1.29 is 19.1 Å². The van der Waals surface area contributed by atoms with E-state index in [4.69, 9.17) is 9.47 Å². The van der Waals surface area contributed by atoms with Crippen LogP contribution in [0.3, 0.4) is 0 Å². The molecule has 29 heavy (non-hydrogen) atoms. The Morgan fingerprint density at radius 1 is 1.07 bits per heavy atom. The molecule has 0 radical (unpaired) electrons. The van der Waals surface area contributed by atoms with Gasteiger partial charge in [0.2, 0.25) is 12.0 Å². The Morgan fingerprint density at radius 3 is 2.45 bits per heavy atom. The van der Waals surface area contributed by atoms with Crippen molar-refractivity contribution in [3.05, 3.63) is 61.2 Å². The number of ether oxygens (including phenoxy) is 2. The van der Waals surface area contributed by atoms with Crippen molar-refractivity contribution in [2.45, 2.75) is 19.1 Å². The summed E-state index contributed by atoms with van der Waals surface area (Å²) in [5.41, 5.74) is 1.19. The zero-order valence-electron chi connectivity index (χ0n) is 15.6. The SMILES string of the molecule is C[C@@H](C(=O)Nc1ccc(NC(=O)[C@H]2COc3ccccc3O2)cc1)n1cncn1. The maximum atomic E-state index is 12.5. The fraction of sp³-hybridized carbons (Fsp3) is 0.200. The molecule has 1 aliphatic heterocycles. The molecule has 148 valence electrons. The van der Waals surface area contributed by atoms with E-state index in [2.05, 4.69) is 20.7 Å². The van der Waals surface area contributed by atoms with E-state index in [1.165, 1.54) is 17.3 Å². The van der Waals surface area contributed by atoms with E-state index in [1.807, 2.05) is 12.1 Å². The molecule has 9 nitrogen and oxygen atoms in total. The largest absolute Gasteiger partial charge is 0.485 e. The number of hydrogen-bond acceptors (Lipinski definition) is 6. The van der Waals surface area contributed by atoms with E-state index in [0.29, 0.717) is 22.9 Å². The summed E-state index contributed by atoms with van der Waals surface area (Å²) < 4.78 is 12.7. The molecule has 4 rings (SSSR count). The van der Waals surface area contributed by atoms with E-state index < -0.39 is 12.1 Å². The van der Waals surface area contributed by atoms with Crippen LogP contribution in [0.25, 0.3) is 0 Å². The Labute approximate surface area is 166 Å². The maximum absolute atomic E-state index is 12.5. The quantitative estimate of drug-likeness (QED) is 0.689. The van der Waals surface area contributed by atoms with Gasteiger partial charge in [-0.2, -0.15) is 5.10 Å². The van der Waals surface area contributed by atoms with Crippen LogP contribution in [0.5, 0.6) is 11.5 Å². The number of rotatable bonds is 5. The van der Waals surface area contributed by atoms with Crippen molar-refractivity contribution in [3.8, 4) is 11.5 Å². The van der Waals surface area contributed by atoms with Gasteiger partial charge in [0.05, 0.1) is 0 Å². The normalized spacial score (nSPS) is 16.0. The summed E-state index contributed by atoms with van der Waals surface area (Å²) in [6.45, 7) is 1.86. The monoisotopic (exact) mass is 393 g/mol. The lowest BCUT2D eigenvalue weighted by molar-refractivity contribution is -0.125. The molecule has 3 aromatic rings. The fourth-order valence-corrected chi connectivity index (χ4v) is 2.79. The molecule has 2 atom stereocenters. The molecule has 0 saturated heterocycles. The number of carbonyl (C=O) groups excluding carboxylic acids is 2. The van der Waals surface area contributed by atoms with E-state index in [-0.39, 0.29) is 18.4 Å². The lowest BCUT2D eigenvalue weighted by Gasteiger charge is -2.25. The maximum Gasteiger partial charge on any atom is 0.269 e. The second kappa shape index (κ2) is 8.01. The zero-order valence-corrected chi connectivity index (χ0v) is 15.6. The number of fused-ring (bicyclic) bond motifs is 1. The third-order valence-corrected chi connectivity index (χ3v) is 4.43. The van der Waals surface area contributed by atoms with Gasteiger partial charge in [-0.3, -0.25) is 9.59 Å². The zero-order chi connectivity index (χ0) is 20.2. The molecule has 0 unspecified atom stereocenters. The topological polar surface area (TPSA) is 107 Å². The van der Waals surface area contributed by atoms with Crippen LogP contribution in [-0.2, 0) is 9.59 Å². The van der Waals surface area contributed by atoms with Crippen LogP contribution in [-0.4, -0.2) is 39.3 Å². The minimum absolute atomic E-state index is 0.136. The Kier molecular flexibility index (Phi) is 5.10. The minimum atomic E-state index is -0.743. The van der Waals surface area contributed by atoms with Gasteiger partial charge in [0, 0.05) is 11.4 Å². The number of anilines is 2. The third-order valence-electron chi connectivity index (χ3n) is 4.43. The highest BCUT2D eigenvalue weighted by atomic mass is 16.6. The lowest BCUT2D eigenvalue weighted by atomic mass is 10.2. The van der Waals surface area contributed by atoms with Gasteiger partial charge in [0.25, 0.3) is 5.91 Å². The van der Waals surface area contributed by atoms with Gasteiger partial charge >= 0.3 is 0 Å². The average molecular weight is 393 g/mol. The summed E-state index contributed by atoms with van der Waals surface area (Å²) in [5, 5.41) is 9.55. The van der Waals surface area contributed by atoms with Crippen molar-refractivity contribution in [2.75, 3.05) is 17.2 Å². The molecular formula is C20H19N5O4. The molecule has 1 aromatic heterocycles. The molecule has 0 bridgehead atoms. The van der Waals surface area contributed by atoms with Crippen LogP contribution >= 0.6 is 0 Å². The molecule has 0 aliphatic carbocycles. The smallest absolute Gasteiger partial charge is 0.269 e. The van der Waals surface area contributed by atoms with Crippen molar-refractivity contribution in [2.24, 2.45) is 0 Å². The van der Waals surface area contributed by atoms with Crippen molar-refractivity contribution in [1.29, 1.82) is 0 Å². The average Bonchev–Trinajstić information content (AvgIpc) is 3.29. The van der Waals surface area contributed by atoms with Crippen molar-refractivity contribution >= 4 is 23.2 Å². The summed E-state index contributed by atoms with van der Waals surface area (Å²) in [5.74, 6) is 0.630. The van der Waals surface area contributed by atoms with Gasteiger partial charge in [-0.1, -0.05) is 12.1 Å². The Hall–Kier alpha value is -3.88. The molecule has 2 N–H and O–H groups in total. The summed E-state index contributed by atoms with van der Waals surface area (Å²) in [7, 11) is 0. The number of benzene rings is 2. The first kappa shape index (κ1) is 18.5. The van der Waals surface area contributed by atoms with E-state index in [0.717, 1.165) is 0 Å². The second-order valence-corrected chi connectivity index (χ2v) is 6.47. The second-order valence-electron chi connectivity index (χ2n) is 6.47. The molecule has 2 amide bonds. The molecule has 0 spiro atoms. The molecule has 1 aliphatic rings. The van der Waals surface area contributed by atoms with Crippen LogP contribution in [0, 0.1) is 0 Å². The standard InChI is InChI=1S/C20H19N5O4/c1-13(25-12-21-11-22-25)19(26)23-14-6-8-15(9-7-14)24-20(27)18-10-28-16-4-2-3-5-17(16)29-18/h2-9,11-13,18H,10H2,1H3,(H,23,26)(H,24,27)/t13-,18+/m0/s1. The summed E-state index contributed by atoms with van der Waals surface area (Å²) in [6.07, 6.45) is 2.12. The Morgan fingerprint density at radius 2 is 1.76 bits per heavy atom. The third kappa shape index (κ3) is 4.18. The number of aromatic nitrogens is 3. The van der Waals surface area contributed by atoms with Crippen LogP contribution in [0.2, 0.25) is 0 Å². The molecule has 9 heteroatoms. The number of hydrogen-bond donors (Lipinski definition) is 2. The van der Waals surface area contributed by atoms with Crippen LogP contribution in [0.1, 0.15) is 13.0 Å². The van der Waals surface area contributed by atoms with Gasteiger partial charge in [-0.15, -0.1) is 0 Å². The Balaban J connectivity index is 1.34. The van der Waals surface area contributed by atoms with E-state index in [1.54, 1.807) is 43.3 Å². The highest BCUT2D eigenvalue weighted by molar-refractivity contribution is 5.96. The van der Waals surface area contributed by atoms with Gasteiger partial charge in [0.1, 0.15) is 25.3 Å².